The van der Waals surface area contributed by atoms with Gasteiger partial charge in [-0.1, -0.05) is 48.0 Å². The largest absolute Gasteiger partial charge is 0.497 e. The van der Waals surface area contributed by atoms with Gasteiger partial charge in [-0.15, -0.1) is 0 Å². The van der Waals surface area contributed by atoms with Gasteiger partial charge in [0.2, 0.25) is 5.91 Å². The Bertz CT molecular complexity index is 1110. The summed E-state index contributed by atoms with van der Waals surface area (Å²) in [4.78, 5) is 34.2. The van der Waals surface area contributed by atoms with Gasteiger partial charge in [0.05, 0.1) is 24.5 Å². The molecule has 6 nitrogen and oxygen atoms in total. The highest BCUT2D eigenvalue weighted by molar-refractivity contribution is 6.23. The maximum Gasteiger partial charge on any atom is 0.266 e. The number of hydroxylamine groups is 1. The number of hydrogen-bond acceptors (Lipinski definition) is 5. The second kappa shape index (κ2) is 7.56. The monoisotopic (exact) mass is 414 g/mol. The van der Waals surface area contributed by atoms with Gasteiger partial charge in [-0.25, -0.2) is 9.96 Å². The molecule has 2 saturated heterocycles. The normalized spacial score (nSPS) is 22.7. The highest BCUT2D eigenvalue weighted by Crippen LogP contribution is 2.47. The van der Waals surface area contributed by atoms with E-state index in [4.69, 9.17) is 9.57 Å². The molecule has 31 heavy (non-hydrogen) atoms. The summed E-state index contributed by atoms with van der Waals surface area (Å²) in [6, 6.07) is 24.0. The number of benzene rings is 3. The Balaban J connectivity index is 1.57. The van der Waals surface area contributed by atoms with Gasteiger partial charge in [-0.2, -0.15) is 0 Å². The molecule has 0 bridgehead atoms. The Morgan fingerprint density at radius 3 is 2.13 bits per heavy atom. The number of para-hydroxylation sites is 1. The Morgan fingerprint density at radius 2 is 1.48 bits per heavy atom. The Kier molecular flexibility index (Phi) is 4.71. The first kappa shape index (κ1) is 19.3. The molecule has 3 atom stereocenters. The third kappa shape index (κ3) is 3.16. The van der Waals surface area contributed by atoms with Crippen LogP contribution in [0, 0.1) is 12.8 Å². The molecule has 2 amide bonds. The summed E-state index contributed by atoms with van der Waals surface area (Å²) in [5.74, 6) is -0.517. The lowest BCUT2D eigenvalue weighted by atomic mass is 9.90. The van der Waals surface area contributed by atoms with E-state index in [9.17, 15) is 9.59 Å². The van der Waals surface area contributed by atoms with Crippen LogP contribution in [0.2, 0.25) is 0 Å². The first-order valence-electron chi connectivity index (χ1n) is 10.2. The zero-order valence-electron chi connectivity index (χ0n) is 17.3. The maximum absolute atomic E-state index is 13.5. The quantitative estimate of drug-likeness (QED) is 0.603. The van der Waals surface area contributed by atoms with Gasteiger partial charge in [0, 0.05) is 0 Å². The summed E-state index contributed by atoms with van der Waals surface area (Å²) in [5.41, 5.74) is 3.30. The number of anilines is 2. The fraction of sp³-hybridized carbons (Fsp3) is 0.200. The van der Waals surface area contributed by atoms with Gasteiger partial charge >= 0.3 is 0 Å². The summed E-state index contributed by atoms with van der Waals surface area (Å²) in [6.07, 6.45) is -0.874. The molecule has 6 heteroatoms. The first-order chi connectivity index (χ1) is 15.1. The van der Waals surface area contributed by atoms with Crippen LogP contribution in [0.3, 0.4) is 0 Å². The minimum atomic E-state index is -0.874. The van der Waals surface area contributed by atoms with Crippen molar-refractivity contribution in [3.8, 4) is 5.75 Å². The van der Waals surface area contributed by atoms with Crippen LogP contribution in [0.1, 0.15) is 17.2 Å². The van der Waals surface area contributed by atoms with Crippen molar-refractivity contribution < 1.29 is 19.2 Å². The van der Waals surface area contributed by atoms with Crippen LogP contribution < -0.4 is 14.7 Å². The average Bonchev–Trinajstić information content (AvgIpc) is 3.31. The fourth-order valence-electron chi connectivity index (χ4n) is 4.30. The van der Waals surface area contributed by atoms with Gasteiger partial charge < -0.3 is 4.74 Å². The molecule has 2 heterocycles. The van der Waals surface area contributed by atoms with Crippen molar-refractivity contribution in [2.45, 2.75) is 19.1 Å². The highest BCUT2D eigenvalue weighted by Gasteiger charge is 2.60. The standard InChI is InChI=1S/C25H22N2O4/c1-16-8-12-18(13-9-16)26-24(28)21-22(17-10-14-20(30-2)15-11-17)27(31-23(21)25(26)29)19-6-4-3-5-7-19/h3-15,21-23H,1-2H3/t21-,22-,23+/m1/s1. The molecule has 0 spiro atoms. The van der Waals surface area contributed by atoms with Crippen molar-refractivity contribution in [2.75, 3.05) is 17.1 Å². The number of imide groups is 1. The van der Waals surface area contributed by atoms with Gasteiger partial charge in [0.1, 0.15) is 11.7 Å². The second-order valence-electron chi connectivity index (χ2n) is 7.78. The third-order valence-corrected chi connectivity index (χ3v) is 5.88. The summed E-state index contributed by atoms with van der Waals surface area (Å²) in [5, 5.41) is 1.69. The number of carbonyl (C=O) groups excluding carboxylic acids is 2. The smallest absolute Gasteiger partial charge is 0.266 e. The van der Waals surface area contributed by atoms with Gasteiger partial charge in [0.15, 0.2) is 6.10 Å². The van der Waals surface area contributed by atoms with Crippen LogP contribution >= 0.6 is 0 Å². The van der Waals surface area contributed by atoms with Crippen molar-refractivity contribution in [3.05, 3.63) is 90.0 Å². The Hall–Kier alpha value is -3.64. The van der Waals surface area contributed by atoms with Gasteiger partial charge in [-0.05, 0) is 48.9 Å². The zero-order valence-corrected chi connectivity index (χ0v) is 17.3. The molecule has 0 aliphatic carbocycles. The molecule has 3 aromatic carbocycles. The number of hydrogen-bond donors (Lipinski definition) is 0. The number of ether oxygens (including phenoxy) is 1. The van der Waals surface area contributed by atoms with Crippen LogP contribution in [-0.4, -0.2) is 25.0 Å². The molecular weight excluding hydrogens is 392 g/mol. The van der Waals surface area contributed by atoms with Crippen LogP contribution in [0.25, 0.3) is 0 Å². The molecule has 2 fully saturated rings. The van der Waals surface area contributed by atoms with E-state index in [0.717, 1.165) is 22.6 Å². The van der Waals surface area contributed by atoms with Crippen LogP contribution in [-0.2, 0) is 14.4 Å². The molecule has 0 radical (unpaired) electrons. The Morgan fingerprint density at radius 1 is 0.806 bits per heavy atom. The van der Waals surface area contributed by atoms with E-state index in [0.29, 0.717) is 5.69 Å². The van der Waals surface area contributed by atoms with Crippen molar-refractivity contribution in [2.24, 2.45) is 5.92 Å². The summed E-state index contributed by atoms with van der Waals surface area (Å²) < 4.78 is 5.28. The second-order valence-corrected chi connectivity index (χ2v) is 7.78. The summed E-state index contributed by atoms with van der Waals surface area (Å²) in [7, 11) is 1.61. The minimum absolute atomic E-state index is 0.252. The lowest BCUT2D eigenvalue weighted by molar-refractivity contribution is -0.126. The van der Waals surface area contributed by atoms with Crippen LogP contribution in [0.15, 0.2) is 78.9 Å². The molecular formula is C25H22N2O4. The van der Waals surface area contributed by atoms with Crippen molar-refractivity contribution in [3.63, 3.8) is 0 Å². The SMILES string of the molecule is COc1ccc([C@@H]2[C@H]3C(=O)N(c4ccc(C)cc4)C(=O)[C@H]3ON2c2ccccc2)cc1. The molecule has 3 aromatic rings. The number of fused-ring (bicyclic) bond motifs is 1. The maximum atomic E-state index is 13.5. The van der Waals surface area contributed by atoms with Gasteiger partial charge in [-0.3, -0.25) is 14.4 Å². The summed E-state index contributed by atoms with van der Waals surface area (Å²) in [6.45, 7) is 1.96. The van der Waals surface area contributed by atoms with E-state index in [1.54, 1.807) is 24.3 Å². The number of methoxy groups -OCH3 is 1. The fourth-order valence-corrected chi connectivity index (χ4v) is 4.30. The van der Waals surface area contributed by atoms with Crippen molar-refractivity contribution in [1.29, 1.82) is 0 Å². The highest BCUT2D eigenvalue weighted by atomic mass is 16.7. The van der Waals surface area contributed by atoms with Crippen LogP contribution in [0.4, 0.5) is 11.4 Å². The summed E-state index contributed by atoms with van der Waals surface area (Å²) >= 11 is 0. The lowest BCUT2D eigenvalue weighted by Crippen LogP contribution is -2.37. The van der Waals surface area contributed by atoms with E-state index in [1.165, 1.54) is 4.90 Å². The van der Waals surface area contributed by atoms with Crippen molar-refractivity contribution >= 4 is 23.2 Å². The first-order valence-corrected chi connectivity index (χ1v) is 10.2. The Labute approximate surface area is 180 Å². The molecule has 0 saturated carbocycles. The molecule has 0 unspecified atom stereocenters. The number of nitrogens with zero attached hydrogens (tertiary/aromatic N) is 2. The molecule has 156 valence electrons. The van der Waals surface area contributed by atoms with E-state index >= 15 is 0 Å². The van der Waals surface area contributed by atoms with Crippen LogP contribution in [0.5, 0.6) is 5.75 Å². The van der Waals surface area contributed by atoms with E-state index < -0.39 is 18.1 Å². The average molecular weight is 414 g/mol. The van der Waals surface area contributed by atoms with E-state index in [-0.39, 0.29) is 11.8 Å². The van der Waals surface area contributed by atoms with Crippen molar-refractivity contribution in [1.82, 2.24) is 0 Å². The topological polar surface area (TPSA) is 59.1 Å². The number of aryl methyl sites for hydroxylation is 1. The number of amides is 2. The predicted octanol–water partition coefficient (Wildman–Crippen LogP) is 4.05. The molecule has 0 N–H and O–H groups in total. The molecule has 2 aliphatic heterocycles. The number of rotatable bonds is 4. The van der Waals surface area contributed by atoms with E-state index in [1.807, 2.05) is 73.7 Å². The lowest BCUT2D eigenvalue weighted by Gasteiger charge is -2.28. The molecule has 2 aliphatic rings. The van der Waals surface area contributed by atoms with Gasteiger partial charge in [0.25, 0.3) is 5.91 Å². The zero-order chi connectivity index (χ0) is 21.5. The predicted molar refractivity (Wildman–Crippen MR) is 117 cm³/mol. The third-order valence-electron chi connectivity index (χ3n) is 5.88. The minimum Gasteiger partial charge on any atom is -0.497 e. The van der Waals surface area contributed by atoms with E-state index in [2.05, 4.69) is 0 Å². The number of carbonyl (C=O) groups is 2. The molecule has 0 aromatic heterocycles. The molecule has 5 rings (SSSR count).